The van der Waals surface area contributed by atoms with Crippen molar-refractivity contribution in [2.45, 2.75) is 0 Å². The van der Waals surface area contributed by atoms with Crippen molar-refractivity contribution in [3.05, 3.63) is 182 Å². The van der Waals surface area contributed by atoms with Gasteiger partial charge in [-0.2, -0.15) is 0 Å². The van der Waals surface area contributed by atoms with Crippen LogP contribution < -0.4 is 4.90 Å². The third-order valence-corrected chi connectivity index (χ3v) is 9.70. The summed E-state index contributed by atoms with van der Waals surface area (Å²) in [5, 5.41) is 4.53. The van der Waals surface area contributed by atoms with E-state index in [0.29, 0.717) is 5.89 Å². The molecular formula is C47H30N2O2. The molecule has 4 heteroatoms. The molecule has 0 bridgehead atoms. The van der Waals surface area contributed by atoms with E-state index >= 15 is 0 Å². The monoisotopic (exact) mass is 654 g/mol. The fourth-order valence-electron chi connectivity index (χ4n) is 7.17. The Bertz CT molecular complexity index is 2820. The van der Waals surface area contributed by atoms with Crippen molar-refractivity contribution >= 4 is 60.9 Å². The van der Waals surface area contributed by atoms with Crippen LogP contribution in [-0.2, 0) is 0 Å². The first-order valence-corrected chi connectivity index (χ1v) is 17.1. The number of furan rings is 1. The number of para-hydroxylation sites is 3. The normalized spacial score (nSPS) is 11.5. The number of aromatic nitrogens is 1. The van der Waals surface area contributed by atoms with Crippen molar-refractivity contribution in [2.24, 2.45) is 0 Å². The third kappa shape index (κ3) is 5.13. The van der Waals surface area contributed by atoms with E-state index in [4.69, 9.17) is 13.8 Å². The fraction of sp³-hybridized carbons (Fsp3) is 0. The maximum absolute atomic E-state index is 6.41. The molecule has 4 nitrogen and oxygen atoms in total. The molecule has 0 amide bonds. The highest BCUT2D eigenvalue weighted by atomic mass is 16.3. The predicted molar refractivity (Wildman–Crippen MR) is 210 cm³/mol. The first-order chi connectivity index (χ1) is 25.2. The topological polar surface area (TPSA) is 42.4 Å². The molecule has 0 saturated carbocycles. The number of benzene rings is 8. The van der Waals surface area contributed by atoms with E-state index in [1.165, 1.54) is 21.9 Å². The lowest BCUT2D eigenvalue weighted by Gasteiger charge is -2.26. The van der Waals surface area contributed by atoms with Gasteiger partial charge in [-0.25, -0.2) is 4.98 Å². The van der Waals surface area contributed by atoms with Gasteiger partial charge >= 0.3 is 0 Å². The SMILES string of the molecule is c1ccc(N(c2ccc(-c3ccc4ccccc4c3)cc2)c2ccc(-c3ccc4c(c3)oc3cccc(-c5nc6ccccc6o5)c34)cc2)cc1. The Morgan fingerprint density at radius 2 is 1.00 bits per heavy atom. The highest BCUT2D eigenvalue weighted by Gasteiger charge is 2.18. The van der Waals surface area contributed by atoms with Gasteiger partial charge in [-0.15, -0.1) is 0 Å². The van der Waals surface area contributed by atoms with Crippen LogP contribution in [-0.4, -0.2) is 4.98 Å². The quantitative estimate of drug-likeness (QED) is 0.179. The molecule has 0 aliphatic heterocycles. The second-order valence-corrected chi connectivity index (χ2v) is 12.8. The molecule has 0 aliphatic carbocycles. The van der Waals surface area contributed by atoms with Crippen molar-refractivity contribution in [3.8, 4) is 33.7 Å². The van der Waals surface area contributed by atoms with Gasteiger partial charge in [-0.3, -0.25) is 0 Å². The minimum atomic E-state index is 0.593. The lowest BCUT2D eigenvalue weighted by molar-refractivity contribution is 0.620. The van der Waals surface area contributed by atoms with Gasteiger partial charge in [0.2, 0.25) is 5.89 Å². The van der Waals surface area contributed by atoms with Crippen molar-refractivity contribution in [1.29, 1.82) is 0 Å². The van der Waals surface area contributed by atoms with Crippen LogP contribution in [0, 0.1) is 0 Å². The first-order valence-electron chi connectivity index (χ1n) is 17.1. The summed E-state index contributed by atoms with van der Waals surface area (Å²) in [6.07, 6.45) is 0. The van der Waals surface area contributed by atoms with Crippen molar-refractivity contribution in [1.82, 2.24) is 4.98 Å². The van der Waals surface area contributed by atoms with E-state index in [1.807, 2.05) is 42.5 Å². The smallest absolute Gasteiger partial charge is 0.228 e. The summed E-state index contributed by atoms with van der Waals surface area (Å²) in [5.74, 6) is 0.593. The molecule has 0 unspecified atom stereocenters. The molecule has 0 fully saturated rings. The number of oxazole rings is 1. The zero-order valence-electron chi connectivity index (χ0n) is 27.5. The zero-order valence-corrected chi connectivity index (χ0v) is 27.5. The van der Waals surface area contributed by atoms with Gasteiger partial charge in [-0.05, 0) is 112 Å². The number of nitrogens with zero attached hydrogens (tertiary/aromatic N) is 2. The van der Waals surface area contributed by atoms with E-state index < -0.39 is 0 Å². The predicted octanol–water partition coefficient (Wildman–Crippen LogP) is 13.4. The highest BCUT2D eigenvalue weighted by Crippen LogP contribution is 2.40. The fourth-order valence-corrected chi connectivity index (χ4v) is 7.17. The van der Waals surface area contributed by atoms with E-state index in [-0.39, 0.29) is 0 Å². The van der Waals surface area contributed by atoms with Crippen LogP contribution in [0.25, 0.3) is 77.5 Å². The van der Waals surface area contributed by atoms with Gasteiger partial charge in [0.05, 0.1) is 0 Å². The minimum Gasteiger partial charge on any atom is -0.456 e. The van der Waals surface area contributed by atoms with Crippen LogP contribution in [0.5, 0.6) is 0 Å². The number of hydrogen-bond donors (Lipinski definition) is 0. The maximum Gasteiger partial charge on any atom is 0.228 e. The molecule has 10 rings (SSSR count). The number of anilines is 3. The van der Waals surface area contributed by atoms with E-state index in [0.717, 1.165) is 66.8 Å². The van der Waals surface area contributed by atoms with Gasteiger partial charge in [0.25, 0.3) is 0 Å². The van der Waals surface area contributed by atoms with E-state index in [1.54, 1.807) is 0 Å². The lowest BCUT2D eigenvalue weighted by Crippen LogP contribution is -2.09. The zero-order chi connectivity index (χ0) is 33.7. The summed E-state index contributed by atoms with van der Waals surface area (Å²) in [6, 6.07) is 63.5. The van der Waals surface area contributed by atoms with Crippen LogP contribution in [0.3, 0.4) is 0 Å². The molecule has 8 aromatic carbocycles. The Balaban J connectivity index is 0.986. The summed E-state index contributed by atoms with van der Waals surface area (Å²) >= 11 is 0. The Morgan fingerprint density at radius 3 is 1.76 bits per heavy atom. The number of rotatable bonds is 6. The Hall–Kier alpha value is -6.91. The molecule has 0 spiro atoms. The number of hydrogen-bond acceptors (Lipinski definition) is 4. The minimum absolute atomic E-state index is 0.593. The summed E-state index contributed by atoms with van der Waals surface area (Å²) < 4.78 is 12.6. The Labute approximate surface area is 294 Å². The molecule has 2 aromatic heterocycles. The summed E-state index contributed by atoms with van der Waals surface area (Å²) in [5.41, 5.74) is 12.0. The first kappa shape index (κ1) is 29.0. The second kappa shape index (κ2) is 11.9. The highest BCUT2D eigenvalue weighted by molar-refractivity contribution is 6.12. The van der Waals surface area contributed by atoms with Gasteiger partial charge in [-0.1, -0.05) is 103 Å². The largest absolute Gasteiger partial charge is 0.456 e. The van der Waals surface area contributed by atoms with Gasteiger partial charge in [0.15, 0.2) is 5.58 Å². The molecule has 0 saturated heterocycles. The summed E-state index contributed by atoms with van der Waals surface area (Å²) in [6.45, 7) is 0. The average Bonchev–Trinajstić information content (AvgIpc) is 3.80. The summed E-state index contributed by atoms with van der Waals surface area (Å²) in [4.78, 5) is 7.06. The molecule has 0 atom stereocenters. The van der Waals surface area contributed by atoms with Crippen LogP contribution >= 0.6 is 0 Å². The molecule has 240 valence electrons. The average molecular weight is 655 g/mol. The van der Waals surface area contributed by atoms with Crippen LogP contribution in [0.2, 0.25) is 0 Å². The third-order valence-electron chi connectivity index (χ3n) is 9.70. The Kier molecular flexibility index (Phi) is 6.78. The van der Waals surface area contributed by atoms with E-state index in [2.05, 4.69) is 144 Å². The van der Waals surface area contributed by atoms with Gasteiger partial charge in [0.1, 0.15) is 16.7 Å². The molecule has 10 aromatic rings. The van der Waals surface area contributed by atoms with Crippen molar-refractivity contribution in [3.63, 3.8) is 0 Å². The standard InChI is InChI=1S/C47H30N2O2/c1-2-11-37(12-3-1)49(38-24-19-32(20-25-38)35-18-17-31-9-4-5-10-34(31)29-35)39-26-21-33(22-27-39)36-23-28-40-45(30-36)50-44-16-8-13-41(46(40)44)47-48-42-14-6-7-15-43(42)51-47/h1-30H. The molecule has 0 N–H and O–H groups in total. The lowest BCUT2D eigenvalue weighted by atomic mass is 10.0. The molecule has 2 heterocycles. The van der Waals surface area contributed by atoms with Crippen LogP contribution in [0.15, 0.2) is 191 Å². The summed E-state index contributed by atoms with van der Waals surface area (Å²) in [7, 11) is 0. The number of fused-ring (bicyclic) bond motifs is 5. The molecule has 51 heavy (non-hydrogen) atoms. The molecule has 0 aliphatic rings. The second-order valence-electron chi connectivity index (χ2n) is 12.8. The van der Waals surface area contributed by atoms with Crippen molar-refractivity contribution in [2.75, 3.05) is 4.90 Å². The molecular weight excluding hydrogens is 625 g/mol. The maximum atomic E-state index is 6.41. The van der Waals surface area contributed by atoms with Crippen LogP contribution in [0.1, 0.15) is 0 Å². The molecule has 0 radical (unpaired) electrons. The van der Waals surface area contributed by atoms with Gasteiger partial charge in [0, 0.05) is 33.4 Å². The van der Waals surface area contributed by atoms with Crippen molar-refractivity contribution < 1.29 is 8.83 Å². The van der Waals surface area contributed by atoms with Gasteiger partial charge < -0.3 is 13.7 Å². The Morgan fingerprint density at radius 1 is 0.392 bits per heavy atom. The van der Waals surface area contributed by atoms with E-state index in [9.17, 15) is 0 Å². The van der Waals surface area contributed by atoms with Crippen LogP contribution in [0.4, 0.5) is 17.1 Å².